The number of aromatic nitrogens is 6. The molecule has 0 aliphatic heterocycles. The Hall–Kier alpha value is -2.68. The van der Waals surface area contributed by atoms with Crippen LogP contribution in [-0.4, -0.2) is 42.2 Å². The van der Waals surface area contributed by atoms with E-state index in [0.29, 0.717) is 25.3 Å². The molecule has 0 saturated carbocycles. The van der Waals surface area contributed by atoms with Crippen molar-refractivity contribution in [2.45, 2.75) is 19.9 Å². The molecule has 0 aromatic carbocycles. The number of amides is 1. The molecular weight excluding hydrogens is 326 g/mol. The van der Waals surface area contributed by atoms with Crippen LogP contribution in [0, 0.1) is 5.92 Å². The molecule has 1 atom stereocenters. The van der Waals surface area contributed by atoms with E-state index < -0.39 is 0 Å². The van der Waals surface area contributed by atoms with Crippen LogP contribution in [0.2, 0.25) is 0 Å². The number of rotatable bonds is 7. The summed E-state index contributed by atoms with van der Waals surface area (Å²) in [5.41, 5.74) is 0.923. The number of hydrogen-bond donors (Lipinski definition) is 1. The van der Waals surface area contributed by atoms with E-state index in [0.717, 1.165) is 10.7 Å². The van der Waals surface area contributed by atoms with Crippen molar-refractivity contribution in [3.05, 3.63) is 42.2 Å². The zero-order chi connectivity index (χ0) is 16.8. The van der Waals surface area contributed by atoms with Gasteiger partial charge in [-0.3, -0.25) is 9.48 Å². The first-order valence-corrected chi connectivity index (χ1v) is 8.42. The maximum atomic E-state index is 12.1. The highest BCUT2D eigenvalue weighted by molar-refractivity contribution is 7.13. The van der Waals surface area contributed by atoms with Gasteiger partial charge in [-0.2, -0.15) is 5.10 Å². The molecule has 0 bridgehead atoms. The lowest BCUT2D eigenvalue weighted by molar-refractivity contribution is -0.124. The van der Waals surface area contributed by atoms with Crippen molar-refractivity contribution in [1.82, 2.24) is 35.0 Å². The Labute approximate surface area is 143 Å². The van der Waals surface area contributed by atoms with Crippen molar-refractivity contribution in [2.75, 3.05) is 6.54 Å². The van der Waals surface area contributed by atoms with Gasteiger partial charge >= 0.3 is 0 Å². The van der Waals surface area contributed by atoms with E-state index in [4.69, 9.17) is 0 Å². The zero-order valence-corrected chi connectivity index (χ0v) is 14.0. The molecule has 0 spiro atoms. The van der Waals surface area contributed by atoms with Crippen LogP contribution in [0.15, 0.2) is 36.5 Å². The molecule has 0 unspecified atom stereocenters. The summed E-state index contributed by atoms with van der Waals surface area (Å²) in [6.45, 7) is 2.92. The maximum absolute atomic E-state index is 12.1. The first kappa shape index (κ1) is 16.2. The van der Waals surface area contributed by atoms with Gasteiger partial charge in [0.2, 0.25) is 5.91 Å². The third-order valence-electron chi connectivity index (χ3n) is 3.36. The molecule has 0 saturated heterocycles. The van der Waals surface area contributed by atoms with Gasteiger partial charge in [-0.05, 0) is 6.07 Å². The number of nitrogens with zero attached hydrogens (tertiary/aromatic N) is 6. The predicted molar refractivity (Wildman–Crippen MR) is 89.0 cm³/mol. The number of thiazole rings is 1. The topological polar surface area (TPSA) is 98.5 Å². The number of carbonyl (C=O) groups is 1. The Morgan fingerprint density at radius 1 is 1.38 bits per heavy atom. The average molecular weight is 343 g/mol. The second kappa shape index (κ2) is 7.73. The van der Waals surface area contributed by atoms with Crippen LogP contribution in [0.25, 0.3) is 10.8 Å². The minimum absolute atomic E-state index is 0.00709. The quantitative estimate of drug-likeness (QED) is 0.692. The van der Waals surface area contributed by atoms with Gasteiger partial charge in [-0.15, -0.1) is 11.3 Å². The fourth-order valence-corrected chi connectivity index (χ4v) is 2.91. The molecule has 1 N–H and O–H groups in total. The minimum Gasteiger partial charge on any atom is -0.355 e. The van der Waals surface area contributed by atoms with Gasteiger partial charge < -0.3 is 5.32 Å². The highest BCUT2D eigenvalue weighted by atomic mass is 32.1. The summed E-state index contributed by atoms with van der Waals surface area (Å²) in [6.07, 6.45) is 7.12. The lowest BCUT2D eigenvalue weighted by Gasteiger charge is -2.11. The Morgan fingerprint density at radius 3 is 2.96 bits per heavy atom. The summed E-state index contributed by atoms with van der Waals surface area (Å²) in [5, 5.41) is 9.69. The lowest BCUT2D eigenvalue weighted by atomic mass is 10.1. The number of hydrogen-bond acceptors (Lipinski definition) is 7. The van der Waals surface area contributed by atoms with Gasteiger partial charge in [0, 0.05) is 30.7 Å². The third kappa shape index (κ3) is 4.19. The largest absolute Gasteiger partial charge is 0.355 e. The van der Waals surface area contributed by atoms with Crippen LogP contribution in [0.1, 0.15) is 12.6 Å². The van der Waals surface area contributed by atoms with E-state index in [-0.39, 0.29) is 11.8 Å². The number of nitrogens with one attached hydrogen (secondary N) is 1. The summed E-state index contributed by atoms with van der Waals surface area (Å²) in [4.78, 5) is 28.8. The van der Waals surface area contributed by atoms with Gasteiger partial charge in [0.15, 0.2) is 10.8 Å². The summed E-state index contributed by atoms with van der Waals surface area (Å²) >= 11 is 1.50. The highest BCUT2D eigenvalue weighted by Gasteiger charge is 2.14. The van der Waals surface area contributed by atoms with Crippen LogP contribution < -0.4 is 5.32 Å². The van der Waals surface area contributed by atoms with Gasteiger partial charge in [0.05, 0.1) is 18.2 Å². The Kier molecular flexibility index (Phi) is 5.22. The molecule has 3 heterocycles. The smallest absolute Gasteiger partial charge is 0.224 e. The molecule has 8 nitrogen and oxygen atoms in total. The summed E-state index contributed by atoms with van der Waals surface area (Å²) < 4.78 is 1.65. The first-order chi connectivity index (χ1) is 11.7. The van der Waals surface area contributed by atoms with Crippen molar-refractivity contribution in [3.63, 3.8) is 0 Å². The van der Waals surface area contributed by atoms with Crippen LogP contribution in [0.5, 0.6) is 0 Å². The summed E-state index contributed by atoms with van der Waals surface area (Å²) in [5.74, 6) is 0.446. The lowest BCUT2D eigenvalue weighted by Crippen LogP contribution is -2.33. The molecule has 0 aliphatic rings. The molecule has 3 aromatic rings. The van der Waals surface area contributed by atoms with Gasteiger partial charge in [0.1, 0.15) is 12.7 Å². The molecule has 3 aromatic heterocycles. The molecule has 0 radical (unpaired) electrons. The molecule has 0 aliphatic carbocycles. The molecular formula is C15H17N7OS. The van der Waals surface area contributed by atoms with Gasteiger partial charge in [0.25, 0.3) is 0 Å². The second-order valence-corrected chi connectivity index (χ2v) is 6.13. The average Bonchev–Trinajstić information content (AvgIpc) is 3.27. The van der Waals surface area contributed by atoms with Gasteiger partial charge in [-0.25, -0.2) is 19.9 Å². The molecule has 1 amide bonds. The summed E-state index contributed by atoms with van der Waals surface area (Å²) in [7, 11) is 0. The second-order valence-electron chi connectivity index (χ2n) is 5.28. The van der Waals surface area contributed by atoms with Crippen LogP contribution >= 0.6 is 11.3 Å². The van der Waals surface area contributed by atoms with Crippen molar-refractivity contribution >= 4 is 17.2 Å². The van der Waals surface area contributed by atoms with E-state index >= 15 is 0 Å². The van der Waals surface area contributed by atoms with Crippen molar-refractivity contribution in [1.29, 1.82) is 0 Å². The maximum Gasteiger partial charge on any atom is 0.224 e. The highest BCUT2D eigenvalue weighted by Crippen LogP contribution is 2.19. The Morgan fingerprint density at radius 2 is 2.21 bits per heavy atom. The standard InChI is InChI=1S/C15H17N7OS/c1-11(7-22-10-16-9-20-22)14(23)19-6-3-12-8-24-15(21-12)13-17-4-2-5-18-13/h2,4-5,8-11H,3,6-7H2,1H3,(H,19,23)/t11-/m1/s1. The normalized spacial score (nSPS) is 12.0. The molecule has 9 heteroatoms. The Balaban J connectivity index is 1.46. The van der Waals surface area contributed by atoms with Crippen LogP contribution in [-0.2, 0) is 17.8 Å². The van der Waals surface area contributed by atoms with Crippen molar-refractivity contribution < 1.29 is 4.79 Å². The molecule has 0 fully saturated rings. The van der Waals surface area contributed by atoms with Crippen LogP contribution in [0.4, 0.5) is 0 Å². The number of carbonyl (C=O) groups excluding carboxylic acids is 1. The molecule has 3 rings (SSSR count). The van der Waals surface area contributed by atoms with E-state index in [2.05, 4.69) is 30.4 Å². The minimum atomic E-state index is -0.171. The SMILES string of the molecule is C[C@H](Cn1cncn1)C(=O)NCCc1csc(-c2ncccn2)n1. The third-order valence-corrected chi connectivity index (χ3v) is 4.25. The van der Waals surface area contributed by atoms with Crippen LogP contribution in [0.3, 0.4) is 0 Å². The monoisotopic (exact) mass is 343 g/mol. The molecule has 124 valence electrons. The summed E-state index contributed by atoms with van der Waals surface area (Å²) in [6, 6.07) is 1.77. The Bertz CT molecular complexity index is 772. The van der Waals surface area contributed by atoms with Crippen molar-refractivity contribution in [2.24, 2.45) is 5.92 Å². The molecule has 24 heavy (non-hydrogen) atoms. The van der Waals surface area contributed by atoms with Crippen molar-refractivity contribution in [3.8, 4) is 10.8 Å². The van der Waals surface area contributed by atoms with E-state index in [9.17, 15) is 4.79 Å². The van der Waals surface area contributed by atoms with E-state index in [1.54, 1.807) is 29.5 Å². The first-order valence-electron chi connectivity index (χ1n) is 7.54. The zero-order valence-electron chi connectivity index (χ0n) is 13.2. The fraction of sp³-hybridized carbons (Fsp3) is 0.333. The fourth-order valence-electron chi connectivity index (χ4n) is 2.11. The van der Waals surface area contributed by atoms with E-state index in [1.807, 2.05) is 12.3 Å². The van der Waals surface area contributed by atoms with Gasteiger partial charge in [-0.1, -0.05) is 6.92 Å². The van der Waals surface area contributed by atoms with E-state index in [1.165, 1.54) is 17.7 Å². The predicted octanol–water partition coefficient (Wildman–Crippen LogP) is 1.19.